The fraction of sp³-hybridized carbons (Fsp3) is 0.174. The lowest BCUT2D eigenvalue weighted by molar-refractivity contribution is -0.115. The summed E-state index contributed by atoms with van der Waals surface area (Å²) < 4.78 is 8.94. The maximum absolute atomic E-state index is 12.9. The molecule has 0 spiro atoms. The highest BCUT2D eigenvalue weighted by Crippen LogP contribution is 2.31. The predicted octanol–water partition coefficient (Wildman–Crippen LogP) is 4.50. The van der Waals surface area contributed by atoms with E-state index in [1.54, 1.807) is 18.4 Å². The van der Waals surface area contributed by atoms with E-state index in [2.05, 4.69) is 45.2 Å². The summed E-state index contributed by atoms with van der Waals surface area (Å²) in [5.74, 6) is 6.88. The van der Waals surface area contributed by atoms with Crippen molar-refractivity contribution in [3.63, 3.8) is 0 Å². The number of carbonyl (C=O) groups is 1. The summed E-state index contributed by atoms with van der Waals surface area (Å²) in [6.07, 6.45) is 1.54. The molecule has 0 bridgehead atoms. The number of rotatable bonds is 6. The first-order valence-electron chi connectivity index (χ1n) is 10.3. The van der Waals surface area contributed by atoms with E-state index in [1.807, 2.05) is 31.2 Å². The fourth-order valence-corrected chi connectivity index (χ4v) is 4.63. The van der Waals surface area contributed by atoms with E-state index < -0.39 is 5.25 Å². The summed E-state index contributed by atoms with van der Waals surface area (Å²) in [5, 5.41) is 13.5. The average molecular weight is 447 g/mol. The second-order valence-electron chi connectivity index (χ2n) is 7.40. The second-order valence-corrected chi connectivity index (χ2v) is 8.70. The molecular formula is C23H22N6O2S. The first-order valence-corrected chi connectivity index (χ1v) is 11.2. The van der Waals surface area contributed by atoms with Crippen LogP contribution in [0.2, 0.25) is 0 Å². The molecule has 0 fully saturated rings. The minimum Gasteiger partial charge on any atom is -0.461 e. The SMILES string of the molecule is CCn1c2ccccc2c2cc(NC(=O)[C@@H](C)Sc3nnc(-c4ccco4)n3N)ccc21. The predicted molar refractivity (Wildman–Crippen MR) is 127 cm³/mol. The van der Waals surface area contributed by atoms with E-state index in [0.29, 0.717) is 16.7 Å². The maximum atomic E-state index is 12.9. The molecule has 162 valence electrons. The van der Waals surface area contributed by atoms with E-state index in [9.17, 15) is 4.79 Å². The largest absolute Gasteiger partial charge is 0.461 e. The van der Waals surface area contributed by atoms with Crippen molar-refractivity contribution < 1.29 is 9.21 Å². The molecule has 0 radical (unpaired) electrons. The summed E-state index contributed by atoms with van der Waals surface area (Å²) >= 11 is 1.24. The molecule has 5 rings (SSSR count). The number of hydrogen-bond acceptors (Lipinski definition) is 6. The van der Waals surface area contributed by atoms with Crippen molar-refractivity contribution in [1.82, 2.24) is 19.4 Å². The van der Waals surface area contributed by atoms with Gasteiger partial charge in [-0.3, -0.25) is 4.79 Å². The number of amides is 1. The van der Waals surface area contributed by atoms with Gasteiger partial charge < -0.3 is 20.1 Å². The molecule has 3 heterocycles. The molecule has 1 atom stereocenters. The van der Waals surface area contributed by atoms with Gasteiger partial charge in [0.25, 0.3) is 0 Å². The van der Waals surface area contributed by atoms with Crippen molar-refractivity contribution in [3.05, 3.63) is 60.9 Å². The number of hydrogen-bond donors (Lipinski definition) is 2. The number of aryl methyl sites for hydroxylation is 1. The molecule has 5 aromatic rings. The lowest BCUT2D eigenvalue weighted by Gasteiger charge is -2.12. The Balaban J connectivity index is 1.36. The minimum absolute atomic E-state index is 0.142. The van der Waals surface area contributed by atoms with E-state index in [0.717, 1.165) is 23.1 Å². The van der Waals surface area contributed by atoms with Crippen molar-refractivity contribution in [2.45, 2.75) is 30.8 Å². The molecule has 2 aromatic carbocycles. The Bertz CT molecular complexity index is 1420. The van der Waals surface area contributed by atoms with Crippen molar-refractivity contribution in [2.24, 2.45) is 0 Å². The molecule has 0 aliphatic rings. The molecule has 0 unspecified atom stereocenters. The van der Waals surface area contributed by atoms with Crippen LogP contribution in [0.4, 0.5) is 5.69 Å². The molecule has 3 N–H and O–H groups in total. The fourth-order valence-electron chi connectivity index (χ4n) is 3.86. The van der Waals surface area contributed by atoms with Crippen LogP contribution >= 0.6 is 11.8 Å². The van der Waals surface area contributed by atoms with Crippen LogP contribution in [-0.4, -0.2) is 30.6 Å². The van der Waals surface area contributed by atoms with Gasteiger partial charge in [0.05, 0.1) is 11.5 Å². The van der Waals surface area contributed by atoms with Gasteiger partial charge in [-0.1, -0.05) is 30.0 Å². The third-order valence-corrected chi connectivity index (χ3v) is 6.47. The zero-order valence-electron chi connectivity index (χ0n) is 17.6. The Hall–Kier alpha value is -3.72. The first-order chi connectivity index (χ1) is 15.6. The summed E-state index contributed by atoms with van der Waals surface area (Å²) in [6, 6.07) is 17.8. The topological polar surface area (TPSA) is 104 Å². The quantitative estimate of drug-likeness (QED) is 0.294. The second kappa shape index (κ2) is 8.08. The number of nitrogen functional groups attached to an aromatic ring is 1. The highest BCUT2D eigenvalue weighted by Gasteiger charge is 2.21. The number of fused-ring (bicyclic) bond motifs is 3. The van der Waals surface area contributed by atoms with Gasteiger partial charge in [0, 0.05) is 34.0 Å². The number of anilines is 1. The van der Waals surface area contributed by atoms with Crippen LogP contribution in [-0.2, 0) is 11.3 Å². The van der Waals surface area contributed by atoms with Gasteiger partial charge in [0.15, 0.2) is 5.76 Å². The first kappa shape index (κ1) is 20.2. The van der Waals surface area contributed by atoms with Crippen LogP contribution < -0.4 is 11.2 Å². The Labute approximate surface area is 188 Å². The van der Waals surface area contributed by atoms with Gasteiger partial charge in [-0.15, -0.1) is 10.2 Å². The maximum Gasteiger partial charge on any atom is 0.237 e. The summed E-state index contributed by atoms with van der Waals surface area (Å²) in [7, 11) is 0. The highest BCUT2D eigenvalue weighted by atomic mass is 32.2. The molecular weight excluding hydrogens is 424 g/mol. The molecule has 0 saturated heterocycles. The third-order valence-electron chi connectivity index (χ3n) is 5.41. The van der Waals surface area contributed by atoms with Crippen LogP contribution in [0.15, 0.2) is 70.4 Å². The van der Waals surface area contributed by atoms with Crippen LogP contribution in [0.25, 0.3) is 33.4 Å². The highest BCUT2D eigenvalue weighted by molar-refractivity contribution is 8.00. The smallest absolute Gasteiger partial charge is 0.237 e. The molecule has 8 nitrogen and oxygen atoms in total. The molecule has 0 aliphatic carbocycles. The van der Waals surface area contributed by atoms with Crippen LogP contribution in [0.1, 0.15) is 13.8 Å². The Morgan fingerprint density at radius 1 is 1.12 bits per heavy atom. The van der Waals surface area contributed by atoms with Crippen LogP contribution in [0, 0.1) is 0 Å². The van der Waals surface area contributed by atoms with Crippen molar-refractivity contribution >= 4 is 45.2 Å². The van der Waals surface area contributed by atoms with E-state index in [4.69, 9.17) is 10.3 Å². The number of aromatic nitrogens is 4. The van der Waals surface area contributed by atoms with Gasteiger partial charge in [0.2, 0.25) is 16.9 Å². The van der Waals surface area contributed by atoms with E-state index in [1.165, 1.54) is 27.3 Å². The van der Waals surface area contributed by atoms with Crippen LogP contribution in [0.3, 0.4) is 0 Å². The standard InChI is InChI=1S/C23H22N6O2S/c1-3-28-18-8-5-4-7-16(18)17-13-15(10-11-19(17)28)25-22(30)14(2)32-23-27-26-21(29(23)24)20-9-6-12-31-20/h4-14H,3,24H2,1-2H3,(H,25,30)/t14-/m1/s1. The van der Waals surface area contributed by atoms with Crippen molar-refractivity contribution in [1.29, 1.82) is 0 Å². The molecule has 0 saturated carbocycles. The Morgan fingerprint density at radius 3 is 2.72 bits per heavy atom. The van der Waals surface area contributed by atoms with Crippen molar-refractivity contribution in [3.8, 4) is 11.6 Å². The molecule has 32 heavy (non-hydrogen) atoms. The zero-order valence-corrected chi connectivity index (χ0v) is 18.5. The summed E-state index contributed by atoms with van der Waals surface area (Å²) in [5.41, 5.74) is 3.09. The van der Waals surface area contributed by atoms with Gasteiger partial charge >= 0.3 is 0 Å². The number of thioether (sulfide) groups is 1. The number of furan rings is 1. The Morgan fingerprint density at radius 2 is 1.94 bits per heavy atom. The molecule has 0 aliphatic heterocycles. The number of nitrogens with zero attached hydrogens (tertiary/aromatic N) is 4. The van der Waals surface area contributed by atoms with Gasteiger partial charge in [-0.05, 0) is 50.2 Å². The number of benzene rings is 2. The monoisotopic (exact) mass is 446 g/mol. The lowest BCUT2D eigenvalue weighted by Crippen LogP contribution is -2.23. The van der Waals surface area contributed by atoms with Gasteiger partial charge in [0.1, 0.15) is 0 Å². The number of carbonyl (C=O) groups excluding carboxylic acids is 1. The van der Waals surface area contributed by atoms with E-state index in [-0.39, 0.29) is 5.91 Å². The normalized spacial score (nSPS) is 12.4. The van der Waals surface area contributed by atoms with Crippen LogP contribution in [0.5, 0.6) is 0 Å². The zero-order chi connectivity index (χ0) is 22.2. The Kier molecular flexibility index (Phi) is 5.10. The van der Waals surface area contributed by atoms with Gasteiger partial charge in [-0.25, -0.2) is 4.68 Å². The van der Waals surface area contributed by atoms with Gasteiger partial charge in [-0.2, -0.15) is 0 Å². The molecule has 3 aromatic heterocycles. The molecule has 9 heteroatoms. The number of nitrogens with one attached hydrogen (secondary N) is 1. The average Bonchev–Trinajstić information content (AvgIpc) is 3.52. The van der Waals surface area contributed by atoms with Crippen molar-refractivity contribution in [2.75, 3.05) is 11.2 Å². The van der Waals surface area contributed by atoms with E-state index >= 15 is 0 Å². The number of nitrogens with two attached hydrogens (primary N) is 1. The number of para-hydroxylation sites is 1. The summed E-state index contributed by atoms with van der Waals surface area (Å²) in [4.78, 5) is 12.9. The minimum atomic E-state index is -0.432. The third kappa shape index (κ3) is 3.40. The lowest BCUT2D eigenvalue weighted by atomic mass is 10.1. The molecule has 1 amide bonds. The summed E-state index contributed by atoms with van der Waals surface area (Å²) in [6.45, 7) is 4.82.